The highest BCUT2D eigenvalue weighted by atomic mass is 79.9. The largest absolute Gasteiger partial charge is 0.465 e. The van der Waals surface area contributed by atoms with Crippen LogP contribution >= 0.6 is 28.6 Å². The third-order valence-electron chi connectivity index (χ3n) is 1.44. The molecule has 70 valence electrons. The van der Waals surface area contributed by atoms with E-state index >= 15 is 0 Å². The summed E-state index contributed by atoms with van der Waals surface area (Å²) in [5.41, 5.74) is 0.258. The predicted molar refractivity (Wildman–Crippen MR) is 52.7 cm³/mol. The molecule has 0 N–H and O–H groups in total. The number of ether oxygens (including phenoxy) is 1. The van der Waals surface area contributed by atoms with E-state index in [1.807, 2.05) is 0 Å². The van der Waals surface area contributed by atoms with Gasteiger partial charge in [-0.15, -0.1) is 12.6 Å². The molecule has 0 aliphatic heterocycles. The zero-order valence-electron chi connectivity index (χ0n) is 6.67. The number of hydrogen-bond acceptors (Lipinski definition) is 3. The molecule has 0 saturated carbocycles. The number of benzene rings is 1. The average Bonchev–Trinajstić information content (AvgIpc) is 2.10. The second kappa shape index (κ2) is 4.11. The summed E-state index contributed by atoms with van der Waals surface area (Å²) in [7, 11) is 1.26. The molecule has 0 spiro atoms. The molecule has 1 rings (SSSR count). The predicted octanol–water partition coefficient (Wildman–Crippen LogP) is 2.66. The Morgan fingerprint density at radius 1 is 1.62 bits per heavy atom. The minimum atomic E-state index is -0.526. The Kier molecular flexibility index (Phi) is 3.33. The van der Waals surface area contributed by atoms with Crippen molar-refractivity contribution in [2.45, 2.75) is 4.90 Å². The standard InChI is InChI=1S/C8H6BrFO2S/c1-12-8(11)4-2-7(13)6(10)3-5(4)9/h2-3,13H,1H3. The summed E-state index contributed by atoms with van der Waals surface area (Å²) in [4.78, 5) is 11.2. The van der Waals surface area contributed by atoms with Gasteiger partial charge in [-0.05, 0) is 28.1 Å². The molecular weight excluding hydrogens is 259 g/mol. The lowest BCUT2D eigenvalue weighted by Gasteiger charge is -2.03. The molecule has 0 radical (unpaired) electrons. The van der Waals surface area contributed by atoms with Gasteiger partial charge in [-0.2, -0.15) is 0 Å². The van der Waals surface area contributed by atoms with E-state index in [0.717, 1.165) is 0 Å². The smallest absolute Gasteiger partial charge is 0.339 e. The zero-order chi connectivity index (χ0) is 10.0. The fourth-order valence-corrected chi connectivity index (χ4v) is 1.47. The Bertz CT molecular complexity index is 354. The normalized spacial score (nSPS) is 9.85. The summed E-state index contributed by atoms with van der Waals surface area (Å²) in [6, 6.07) is 2.49. The molecule has 1 aromatic rings. The number of carbonyl (C=O) groups is 1. The van der Waals surface area contributed by atoms with Crippen LogP contribution in [0.25, 0.3) is 0 Å². The number of rotatable bonds is 1. The monoisotopic (exact) mass is 264 g/mol. The van der Waals surface area contributed by atoms with Gasteiger partial charge in [0.1, 0.15) is 5.82 Å². The summed E-state index contributed by atoms with van der Waals surface area (Å²) in [6.45, 7) is 0. The van der Waals surface area contributed by atoms with Crippen LogP contribution < -0.4 is 0 Å². The van der Waals surface area contributed by atoms with Gasteiger partial charge in [-0.3, -0.25) is 0 Å². The van der Waals surface area contributed by atoms with Gasteiger partial charge in [-0.1, -0.05) is 0 Å². The molecule has 0 amide bonds. The van der Waals surface area contributed by atoms with Crippen molar-refractivity contribution < 1.29 is 13.9 Å². The Balaban J connectivity index is 3.23. The van der Waals surface area contributed by atoms with Crippen molar-refractivity contribution in [1.29, 1.82) is 0 Å². The molecular formula is C8H6BrFO2S. The Hall–Kier alpha value is -0.550. The molecule has 0 saturated heterocycles. The molecule has 13 heavy (non-hydrogen) atoms. The van der Waals surface area contributed by atoms with Crippen LogP contribution in [0.4, 0.5) is 4.39 Å². The first-order valence-electron chi connectivity index (χ1n) is 3.32. The van der Waals surface area contributed by atoms with Crippen molar-refractivity contribution in [2.75, 3.05) is 7.11 Å². The van der Waals surface area contributed by atoms with Crippen LogP contribution in [0.15, 0.2) is 21.5 Å². The summed E-state index contributed by atoms with van der Waals surface area (Å²) < 4.78 is 17.7. The Morgan fingerprint density at radius 2 is 2.23 bits per heavy atom. The van der Waals surface area contributed by atoms with E-state index in [0.29, 0.717) is 4.47 Å². The third-order valence-corrected chi connectivity index (χ3v) is 2.44. The maximum Gasteiger partial charge on any atom is 0.339 e. The maximum absolute atomic E-state index is 12.9. The molecule has 0 fully saturated rings. The van der Waals surface area contributed by atoms with Crippen molar-refractivity contribution in [3.05, 3.63) is 28.0 Å². The fourth-order valence-electron chi connectivity index (χ4n) is 0.804. The quantitative estimate of drug-likeness (QED) is 0.624. The number of methoxy groups -OCH3 is 1. The van der Waals surface area contributed by atoms with E-state index in [-0.39, 0.29) is 10.5 Å². The van der Waals surface area contributed by atoms with Gasteiger partial charge in [0.15, 0.2) is 0 Å². The molecule has 0 unspecified atom stereocenters. The zero-order valence-corrected chi connectivity index (χ0v) is 9.15. The van der Waals surface area contributed by atoms with Crippen LogP contribution in [0.3, 0.4) is 0 Å². The van der Waals surface area contributed by atoms with Crippen molar-refractivity contribution in [3.63, 3.8) is 0 Å². The minimum absolute atomic E-state index is 0.114. The van der Waals surface area contributed by atoms with Gasteiger partial charge < -0.3 is 4.74 Å². The van der Waals surface area contributed by atoms with Crippen molar-refractivity contribution >= 4 is 34.5 Å². The topological polar surface area (TPSA) is 26.3 Å². The van der Waals surface area contributed by atoms with Crippen LogP contribution in [0.5, 0.6) is 0 Å². The van der Waals surface area contributed by atoms with Gasteiger partial charge in [0, 0.05) is 9.37 Å². The van der Waals surface area contributed by atoms with Crippen LogP contribution in [-0.4, -0.2) is 13.1 Å². The second-order valence-electron chi connectivity index (χ2n) is 2.28. The third kappa shape index (κ3) is 2.22. The highest BCUT2D eigenvalue weighted by Crippen LogP contribution is 2.23. The highest BCUT2D eigenvalue weighted by Gasteiger charge is 2.12. The van der Waals surface area contributed by atoms with Gasteiger partial charge >= 0.3 is 5.97 Å². The van der Waals surface area contributed by atoms with E-state index in [9.17, 15) is 9.18 Å². The molecule has 0 atom stereocenters. The lowest BCUT2D eigenvalue weighted by atomic mass is 10.2. The summed E-state index contributed by atoms with van der Waals surface area (Å²) in [6.07, 6.45) is 0. The molecule has 0 aromatic heterocycles. The first-order valence-corrected chi connectivity index (χ1v) is 4.56. The van der Waals surface area contributed by atoms with Crippen LogP contribution in [0, 0.1) is 5.82 Å². The second-order valence-corrected chi connectivity index (χ2v) is 3.61. The van der Waals surface area contributed by atoms with Crippen LogP contribution in [-0.2, 0) is 4.74 Å². The number of halogens is 2. The summed E-state index contributed by atoms with van der Waals surface area (Å²) >= 11 is 6.89. The van der Waals surface area contributed by atoms with E-state index in [1.165, 1.54) is 19.2 Å². The Morgan fingerprint density at radius 3 is 2.77 bits per heavy atom. The summed E-state index contributed by atoms with van der Waals surface area (Å²) in [5.74, 6) is -1.01. The molecule has 2 nitrogen and oxygen atoms in total. The number of esters is 1. The molecule has 1 aromatic carbocycles. The number of hydrogen-bond donors (Lipinski definition) is 1. The van der Waals surface area contributed by atoms with Gasteiger partial charge in [0.05, 0.1) is 12.7 Å². The average molecular weight is 265 g/mol. The molecule has 0 aliphatic carbocycles. The maximum atomic E-state index is 12.9. The van der Waals surface area contributed by atoms with E-state index in [2.05, 4.69) is 33.3 Å². The van der Waals surface area contributed by atoms with E-state index in [1.54, 1.807) is 0 Å². The Labute approximate surface area is 88.6 Å². The van der Waals surface area contributed by atoms with Crippen molar-refractivity contribution in [3.8, 4) is 0 Å². The van der Waals surface area contributed by atoms with Gasteiger partial charge in [-0.25, -0.2) is 9.18 Å². The van der Waals surface area contributed by atoms with Gasteiger partial charge in [0.2, 0.25) is 0 Å². The van der Waals surface area contributed by atoms with E-state index < -0.39 is 11.8 Å². The van der Waals surface area contributed by atoms with Crippen LogP contribution in [0.2, 0.25) is 0 Å². The van der Waals surface area contributed by atoms with Gasteiger partial charge in [0.25, 0.3) is 0 Å². The molecule has 0 heterocycles. The minimum Gasteiger partial charge on any atom is -0.465 e. The van der Waals surface area contributed by atoms with Crippen molar-refractivity contribution in [2.24, 2.45) is 0 Å². The van der Waals surface area contributed by atoms with Crippen molar-refractivity contribution in [1.82, 2.24) is 0 Å². The molecule has 0 aliphatic rings. The summed E-state index contributed by atoms with van der Waals surface area (Å²) in [5, 5.41) is 0. The first kappa shape index (κ1) is 10.5. The van der Waals surface area contributed by atoms with E-state index in [4.69, 9.17) is 0 Å². The number of thiol groups is 1. The SMILES string of the molecule is COC(=O)c1cc(S)c(F)cc1Br. The highest BCUT2D eigenvalue weighted by molar-refractivity contribution is 9.10. The number of carbonyl (C=O) groups excluding carboxylic acids is 1. The first-order chi connectivity index (χ1) is 6.06. The fraction of sp³-hybridized carbons (Fsp3) is 0.125. The molecule has 5 heteroatoms. The van der Waals surface area contributed by atoms with Crippen LogP contribution in [0.1, 0.15) is 10.4 Å². The lowest BCUT2D eigenvalue weighted by molar-refractivity contribution is 0.0599. The molecule has 0 bridgehead atoms. The lowest BCUT2D eigenvalue weighted by Crippen LogP contribution is -2.02.